The van der Waals surface area contributed by atoms with E-state index < -0.39 is 0 Å². The van der Waals surface area contributed by atoms with Crippen LogP contribution in [0.25, 0.3) is 0 Å². The van der Waals surface area contributed by atoms with E-state index in [0.717, 1.165) is 50.5 Å². The topological polar surface area (TPSA) is 43.9 Å². The van der Waals surface area contributed by atoms with Crippen LogP contribution < -0.4 is 0 Å². The number of carbonyl (C=O) groups excluding carboxylic acids is 2. The number of amides is 2. The van der Waals surface area contributed by atoms with Crippen molar-refractivity contribution >= 4 is 35.2 Å². The minimum absolute atomic E-state index is 0.00736. The first kappa shape index (κ1) is 21.0. The third-order valence-corrected chi connectivity index (χ3v) is 7.79. The maximum atomic E-state index is 13.4. The highest BCUT2D eigenvalue weighted by Crippen LogP contribution is 2.32. The Morgan fingerprint density at radius 1 is 0.931 bits per heavy atom. The Bertz CT molecular complexity index is 727. The van der Waals surface area contributed by atoms with Crippen LogP contribution in [0.1, 0.15) is 36.0 Å². The summed E-state index contributed by atoms with van der Waals surface area (Å²) in [5.41, 5.74) is 0.567. The molecular formula is C22H30ClN3O2S. The quantitative estimate of drug-likeness (QED) is 0.728. The molecule has 0 N–H and O–H groups in total. The maximum absolute atomic E-state index is 13.4. The third-order valence-electron chi connectivity index (χ3n) is 6.52. The van der Waals surface area contributed by atoms with Crippen molar-refractivity contribution in [2.24, 2.45) is 5.92 Å². The molecule has 1 saturated carbocycles. The minimum atomic E-state index is -0.0156. The molecule has 2 saturated heterocycles. The average molecular weight is 436 g/mol. The van der Waals surface area contributed by atoms with Crippen LogP contribution in [0.4, 0.5) is 0 Å². The number of benzene rings is 1. The summed E-state index contributed by atoms with van der Waals surface area (Å²) in [6.45, 7) is 4.56. The second-order valence-electron chi connectivity index (χ2n) is 8.24. The van der Waals surface area contributed by atoms with Crippen LogP contribution in [0.5, 0.6) is 0 Å². The highest BCUT2D eigenvalue weighted by atomic mass is 35.5. The van der Waals surface area contributed by atoms with Crippen molar-refractivity contribution in [3.8, 4) is 0 Å². The van der Waals surface area contributed by atoms with Gasteiger partial charge in [0.15, 0.2) is 0 Å². The minimum Gasteiger partial charge on any atom is -0.340 e. The molecule has 4 rings (SSSR count). The van der Waals surface area contributed by atoms with Crippen LogP contribution in [0.15, 0.2) is 24.3 Å². The zero-order valence-electron chi connectivity index (χ0n) is 16.9. The van der Waals surface area contributed by atoms with Crippen LogP contribution in [0.3, 0.4) is 0 Å². The van der Waals surface area contributed by atoms with E-state index in [2.05, 4.69) is 9.80 Å². The van der Waals surface area contributed by atoms with Crippen LogP contribution in [-0.4, -0.2) is 83.3 Å². The van der Waals surface area contributed by atoms with Crippen molar-refractivity contribution in [1.29, 1.82) is 0 Å². The van der Waals surface area contributed by atoms with Gasteiger partial charge in [0.2, 0.25) is 5.91 Å². The molecule has 0 radical (unpaired) electrons. The predicted molar refractivity (Wildman–Crippen MR) is 119 cm³/mol. The molecule has 1 aliphatic carbocycles. The highest BCUT2D eigenvalue weighted by molar-refractivity contribution is 7.99. The fourth-order valence-corrected chi connectivity index (χ4v) is 6.03. The van der Waals surface area contributed by atoms with Crippen molar-refractivity contribution in [1.82, 2.24) is 14.7 Å². The summed E-state index contributed by atoms with van der Waals surface area (Å²) in [5, 5.41) is 0.502. The van der Waals surface area contributed by atoms with Crippen molar-refractivity contribution in [3.63, 3.8) is 0 Å². The molecule has 158 valence electrons. The van der Waals surface area contributed by atoms with Crippen LogP contribution in [0, 0.1) is 5.92 Å². The third kappa shape index (κ3) is 4.75. The number of thioether (sulfide) groups is 1. The van der Waals surface area contributed by atoms with Gasteiger partial charge in [0.05, 0.1) is 16.6 Å². The van der Waals surface area contributed by atoms with Gasteiger partial charge in [-0.3, -0.25) is 14.5 Å². The van der Waals surface area contributed by atoms with E-state index >= 15 is 0 Å². The molecule has 0 aromatic heterocycles. The summed E-state index contributed by atoms with van der Waals surface area (Å²) in [6, 6.07) is 7.22. The molecule has 5 nitrogen and oxygen atoms in total. The molecule has 1 unspecified atom stereocenters. The van der Waals surface area contributed by atoms with Gasteiger partial charge in [-0.15, -0.1) is 0 Å². The Morgan fingerprint density at radius 2 is 1.59 bits per heavy atom. The lowest BCUT2D eigenvalue weighted by atomic mass is 9.94. The van der Waals surface area contributed by atoms with Gasteiger partial charge in [-0.25, -0.2) is 0 Å². The van der Waals surface area contributed by atoms with Crippen LogP contribution >= 0.6 is 23.4 Å². The summed E-state index contributed by atoms with van der Waals surface area (Å²) in [7, 11) is 0. The number of hydrogen-bond donors (Lipinski definition) is 0. The highest BCUT2D eigenvalue weighted by Gasteiger charge is 2.39. The molecule has 0 spiro atoms. The molecule has 1 aromatic rings. The van der Waals surface area contributed by atoms with E-state index in [-0.39, 0.29) is 11.9 Å². The monoisotopic (exact) mass is 435 g/mol. The van der Waals surface area contributed by atoms with E-state index in [0.29, 0.717) is 35.5 Å². The summed E-state index contributed by atoms with van der Waals surface area (Å²) in [5.74, 6) is 2.87. The Balaban J connectivity index is 1.43. The largest absolute Gasteiger partial charge is 0.340 e. The second kappa shape index (κ2) is 9.71. The van der Waals surface area contributed by atoms with Gasteiger partial charge in [0.1, 0.15) is 0 Å². The fraction of sp³-hybridized carbons (Fsp3) is 0.636. The van der Waals surface area contributed by atoms with Crippen molar-refractivity contribution < 1.29 is 9.59 Å². The van der Waals surface area contributed by atoms with Gasteiger partial charge in [0, 0.05) is 50.8 Å². The van der Waals surface area contributed by atoms with E-state index in [4.69, 9.17) is 11.6 Å². The number of nitrogens with zero attached hydrogens (tertiary/aromatic N) is 3. The zero-order valence-corrected chi connectivity index (χ0v) is 18.5. The number of halogens is 1. The molecule has 1 atom stereocenters. The van der Waals surface area contributed by atoms with Gasteiger partial charge in [-0.05, 0) is 30.9 Å². The Kier molecular flexibility index (Phi) is 7.04. The Morgan fingerprint density at radius 3 is 2.24 bits per heavy atom. The average Bonchev–Trinajstić information content (AvgIpc) is 3.29. The smallest absolute Gasteiger partial charge is 0.255 e. The molecule has 2 aliphatic heterocycles. The number of hydrogen-bond acceptors (Lipinski definition) is 4. The fourth-order valence-electron chi connectivity index (χ4n) is 4.91. The van der Waals surface area contributed by atoms with Crippen molar-refractivity contribution in [3.05, 3.63) is 34.9 Å². The normalized spacial score (nSPS) is 22.7. The number of carbonyl (C=O) groups is 2. The van der Waals surface area contributed by atoms with E-state index in [1.165, 1.54) is 12.8 Å². The number of piperazine rings is 1. The predicted octanol–water partition coefficient (Wildman–Crippen LogP) is 3.23. The Labute approximate surface area is 182 Å². The first-order valence-electron chi connectivity index (χ1n) is 10.8. The molecule has 29 heavy (non-hydrogen) atoms. The standard InChI is InChI=1S/C22H30ClN3O2S/c23-19-8-4-3-7-18(19)21(27)25-11-9-24(10-12-25)20(17-5-1-2-6-17)22(28)26-13-15-29-16-14-26/h3-4,7-8,17,20H,1-2,5-6,9-16H2. The lowest BCUT2D eigenvalue weighted by Crippen LogP contribution is -2.59. The Hall–Kier alpha value is -1.24. The van der Waals surface area contributed by atoms with E-state index in [9.17, 15) is 9.59 Å². The van der Waals surface area contributed by atoms with Crippen LogP contribution in [0.2, 0.25) is 5.02 Å². The van der Waals surface area contributed by atoms with Gasteiger partial charge in [-0.2, -0.15) is 11.8 Å². The van der Waals surface area contributed by atoms with E-state index in [1.54, 1.807) is 12.1 Å². The van der Waals surface area contributed by atoms with Crippen molar-refractivity contribution in [2.75, 3.05) is 50.8 Å². The lowest BCUT2D eigenvalue weighted by molar-refractivity contribution is -0.139. The molecule has 0 bridgehead atoms. The summed E-state index contributed by atoms with van der Waals surface area (Å²) in [4.78, 5) is 32.6. The van der Waals surface area contributed by atoms with Gasteiger partial charge >= 0.3 is 0 Å². The van der Waals surface area contributed by atoms with E-state index in [1.807, 2.05) is 28.8 Å². The first-order valence-corrected chi connectivity index (χ1v) is 12.3. The molecular weight excluding hydrogens is 406 g/mol. The van der Waals surface area contributed by atoms with Gasteiger partial charge in [-0.1, -0.05) is 36.6 Å². The molecule has 2 amide bonds. The zero-order chi connectivity index (χ0) is 20.2. The molecule has 3 aliphatic rings. The second-order valence-corrected chi connectivity index (χ2v) is 9.87. The van der Waals surface area contributed by atoms with Gasteiger partial charge in [0.25, 0.3) is 5.91 Å². The van der Waals surface area contributed by atoms with Crippen molar-refractivity contribution in [2.45, 2.75) is 31.7 Å². The van der Waals surface area contributed by atoms with Gasteiger partial charge < -0.3 is 9.80 Å². The SMILES string of the molecule is O=C(c1ccccc1Cl)N1CCN(C(C(=O)N2CCSCC2)C2CCCC2)CC1. The summed E-state index contributed by atoms with van der Waals surface area (Å²) < 4.78 is 0. The van der Waals surface area contributed by atoms with Crippen LogP contribution in [-0.2, 0) is 4.79 Å². The maximum Gasteiger partial charge on any atom is 0.255 e. The number of rotatable bonds is 4. The lowest BCUT2D eigenvalue weighted by Gasteiger charge is -2.43. The summed E-state index contributed by atoms with van der Waals surface area (Å²) >= 11 is 8.16. The molecule has 7 heteroatoms. The molecule has 3 fully saturated rings. The first-order chi connectivity index (χ1) is 14.1. The molecule has 2 heterocycles. The molecule has 1 aromatic carbocycles. The summed E-state index contributed by atoms with van der Waals surface area (Å²) in [6.07, 6.45) is 4.76.